The zero-order valence-electron chi connectivity index (χ0n) is 9.60. The minimum atomic E-state index is 0.115. The summed E-state index contributed by atoms with van der Waals surface area (Å²) in [4.78, 5) is 12.4. The fourth-order valence-electron chi connectivity index (χ4n) is 2.31. The first-order valence-electron chi connectivity index (χ1n) is 5.69. The average Bonchev–Trinajstić information content (AvgIpc) is 2.48. The fraction of sp³-hybridized carbons (Fsp3) is 0.0625. The van der Waals surface area contributed by atoms with E-state index in [2.05, 4.69) is 6.07 Å². The maximum atomic E-state index is 12.4. The topological polar surface area (TPSA) is 17.1 Å². The molecule has 3 rings (SSSR count). The van der Waals surface area contributed by atoms with E-state index in [9.17, 15) is 4.79 Å². The van der Waals surface area contributed by atoms with Crippen molar-refractivity contribution in [2.75, 3.05) is 0 Å². The number of benzene rings is 2. The Morgan fingerprint density at radius 3 is 2.12 bits per heavy atom. The monoisotopic (exact) mass is 220 g/mol. The first-order chi connectivity index (χ1) is 8.27. The van der Waals surface area contributed by atoms with Gasteiger partial charge in [0.05, 0.1) is 0 Å². The normalized spacial score (nSPS) is 10.9. The average molecular weight is 220 g/mol. The molecule has 0 aliphatic rings. The molecule has 0 aliphatic carbocycles. The van der Waals surface area contributed by atoms with Gasteiger partial charge in [0.2, 0.25) is 0 Å². The highest BCUT2D eigenvalue weighted by molar-refractivity contribution is 5.95. The lowest BCUT2D eigenvalue weighted by atomic mass is 10.1. The van der Waals surface area contributed by atoms with Gasteiger partial charge in [-0.2, -0.15) is 0 Å². The third kappa shape index (κ3) is 1.51. The van der Waals surface area contributed by atoms with Crippen molar-refractivity contribution < 1.29 is 0 Å². The van der Waals surface area contributed by atoms with Crippen molar-refractivity contribution in [3.63, 3.8) is 0 Å². The van der Waals surface area contributed by atoms with E-state index in [0.717, 1.165) is 27.1 Å². The summed E-state index contributed by atoms with van der Waals surface area (Å²) in [6.07, 6.45) is 0. The quantitative estimate of drug-likeness (QED) is 0.565. The molecule has 0 bridgehead atoms. The maximum Gasteiger partial charge on any atom is 0.194 e. The van der Waals surface area contributed by atoms with Crippen LogP contribution in [-0.4, -0.2) is 0 Å². The van der Waals surface area contributed by atoms with Crippen molar-refractivity contribution in [1.82, 2.24) is 0 Å². The number of aryl methyl sites for hydroxylation is 1. The second kappa shape index (κ2) is 3.70. The van der Waals surface area contributed by atoms with Gasteiger partial charge in [-0.25, -0.2) is 0 Å². The molecule has 0 aromatic heterocycles. The van der Waals surface area contributed by atoms with Gasteiger partial charge in [-0.3, -0.25) is 4.79 Å². The highest BCUT2D eigenvalue weighted by Crippen LogP contribution is 2.18. The van der Waals surface area contributed by atoms with Gasteiger partial charge in [-0.15, -0.1) is 0 Å². The number of fused-ring (bicyclic) bond motifs is 2. The van der Waals surface area contributed by atoms with Crippen LogP contribution in [0.3, 0.4) is 0 Å². The Balaban J connectivity index is 2.73. The molecule has 0 amide bonds. The molecule has 0 heterocycles. The Morgan fingerprint density at radius 1 is 0.765 bits per heavy atom. The summed E-state index contributed by atoms with van der Waals surface area (Å²) in [5.41, 5.74) is 1.25. The molecule has 0 spiro atoms. The molecule has 1 heteroatoms. The van der Waals surface area contributed by atoms with E-state index in [1.54, 1.807) is 0 Å². The molecule has 0 N–H and O–H groups in total. The van der Waals surface area contributed by atoms with E-state index in [0.29, 0.717) is 0 Å². The molecule has 0 saturated carbocycles. The van der Waals surface area contributed by atoms with Gasteiger partial charge in [-0.1, -0.05) is 54.6 Å². The van der Waals surface area contributed by atoms with Crippen molar-refractivity contribution in [3.8, 4) is 0 Å². The summed E-state index contributed by atoms with van der Waals surface area (Å²) in [6, 6.07) is 17.6. The zero-order chi connectivity index (χ0) is 11.8. The molecule has 3 aromatic carbocycles. The maximum absolute atomic E-state index is 12.4. The Bertz CT molecular complexity index is 772. The lowest BCUT2D eigenvalue weighted by molar-refractivity contribution is 1.57. The summed E-state index contributed by atoms with van der Waals surface area (Å²) in [5.74, 6) is 0. The van der Waals surface area contributed by atoms with Crippen LogP contribution in [0.25, 0.3) is 21.5 Å². The van der Waals surface area contributed by atoms with Crippen molar-refractivity contribution in [2.24, 2.45) is 0 Å². The van der Waals surface area contributed by atoms with Gasteiger partial charge in [0, 0.05) is 10.8 Å². The largest absolute Gasteiger partial charge is 0.289 e. The van der Waals surface area contributed by atoms with Crippen LogP contribution in [0, 0.1) is 6.92 Å². The summed E-state index contributed by atoms with van der Waals surface area (Å²) in [5, 5.41) is 3.63. The Kier molecular flexibility index (Phi) is 2.19. The summed E-state index contributed by atoms with van der Waals surface area (Å²) in [6.45, 7) is 2.05. The van der Waals surface area contributed by atoms with Crippen LogP contribution in [0.2, 0.25) is 0 Å². The standard InChI is InChI=1S/C16H12O/c1-11-10-12-6-2-3-8-14(12)16(17)15-9-5-4-7-13(11)15/h2-10H,1H3. The Hall–Kier alpha value is -2.15. The highest BCUT2D eigenvalue weighted by atomic mass is 16.1. The molecule has 3 aromatic rings. The van der Waals surface area contributed by atoms with Crippen LogP contribution in [0.15, 0.2) is 59.4 Å². The van der Waals surface area contributed by atoms with E-state index < -0.39 is 0 Å². The Labute approximate surface area is 99.3 Å². The van der Waals surface area contributed by atoms with E-state index >= 15 is 0 Å². The van der Waals surface area contributed by atoms with E-state index in [1.807, 2.05) is 55.5 Å². The van der Waals surface area contributed by atoms with Crippen LogP contribution >= 0.6 is 0 Å². The second-order valence-electron chi connectivity index (χ2n) is 4.29. The summed E-state index contributed by atoms with van der Waals surface area (Å²) < 4.78 is 0. The van der Waals surface area contributed by atoms with Crippen LogP contribution in [0.5, 0.6) is 0 Å². The van der Waals surface area contributed by atoms with Crippen molar-refractivity contribution in [3.05, 3.63) is 70.4 Å². The van der Waals surface area contributed by atoms with Crippen LogP contribution < -0.4 is 5.43 Å². The summed E-state index contributed by atoms with van der Waals surface area (Å²) in [7, 11) is 0. The fourth-order valence-corrected chi connectivity index (χ4v) is 2.31. The SMILES string of the molecule is Cc1cc2ccccc2c(=O)c2ccccc12. The number of hydrogen-bond acceptors (Lipinski definition) is 1. The van der Waals surface area contributed by atoms with E-state index in [4.69, 9.17) is 0 Å². The van der Waals surface area contributed by atoms with E-state index in [1.165, 1.54) is 0 Å². The molecule has 17 heavy (non-hydrogen) atoms. The molecule has 0 saturated heterocycles. The smallest absolute Gasteiger partial charge is 0.194 e. The third-order valence-corrected chi connectivity index (χ3v) is 3.17. The predicted molar refractivity (Wildman–Crippen MR) is 72.5 cm³/mol. The predicted octanol–water partition coefficient (Wildman–Crippen LogP) is 3.66. The van der Waals surface area contributed by atoms with Crippen LogP contribution in [0.4, 0.5) is 0 Å². The molecule has 0 atom stereocenters. The Morgan fingerprint density at radius 2 is 1.35 bits per heavy atom. The minimum absolute atomic E-state index is 0.115. The summed E-state index contributed by atoms with van der Waals surface area (Å²) >= 11 is 0. The zero-order valence-corrected chi connectivity index (χ0v) is 9.60. The van der Waals surface area contributed by atoms with Gasteiger partial charge in [-0.05, 0) is 23.3 Å². The van der Waals surface area contributed by atoms with Gasteiger partial charge in [0.25, 0.3) is 0 Å². The molecule has 0 radical (unpaired) electrons. The van der Waals surface area contributed by atoms with Crippen LogP contribution in [-0.2, 0) is 0 Å². The first-order valence-corrected chi connectivity index (χ1v) is 5.69. The first kappa shape index (κ1) is 10.0. The van der Waals surface area contributed by atoms with Gasteiger partial charge >= 0.3 is 0 Å². The number of hydrogen-bond donors (Lipinski definition) is 0. The molecule has 0 unspecified atom stereocenters. The van der Waals surface area contributed by atoms with Gasteiger partial charge in [0.1, 0.15) is 0 Å². The molecule has 0 fully saturated rings. The molecule has 1 nitrogen and oxygen atoms in total. The lowest BCUT2D eigenvalue weighted by Crippen LogP contribution is -1.97. The molecule has 82 valence electrons. The lowest BCUT2D eigenvalue weighted by Gasteiger charge is -1.93. The van der Waals surface area contributed by atoms with Crippen molar-refractivity contribution in [1.29, 1.82) is 0 Å². The third-order valence-electron chi connectivity index (χ3n) is 3.17. The highest BCUT2D eigenvalue weighted by Gasteiger charge is 2.03. The van der Waals surface area contributed by atoms with Gasteiger partial charge in [0.15, 0.2) is 5.43 Å². The van der Waals surface area contributed by atoms with Crippen molar-refractivity contribution in [2.45, 2.75) is 6.92 Å². The minimum Gasteiger partial charge on any atom is -0.289 e. The van der Waals surface area contributed by atoms with Crippen LogP contribution in [0.1, 0.15) is 5.56 Å². The molecule has 0 aliphatic heterocycles. The second-order valence-corrected chi connectivity index (χ2v) is 4.29. The van der Waals surface area contributed by atoms with Crippen molar-refractivity contribution >= 4 is 21.5 Å². The molecular formula is C16H12O. The number of rotatable bonds is 0. The van der Waals surface area contributed by atoms with Gasteiger partial charge < -0.3 is 0 Å². The molecular weight excluding hydrogens is 208 g/mol. The van der Waals surface area contributed by atoms with E-state index in [-0.39, 0.29) is 5.43 Å².